The molecule has 42 valence electrons. The van der Waals surface area contributed by atoms with E-state index in [4.69, 9.17) is 10.9 Å². The number of nitrogens with two attached hydrogens (primary N) is 1. The van der Waals surface area contributed by atoms with Crippen molar-refractivity contribution in [2.24, 2.45) is 5.73 Å². The van der Waals surface area contributed by atoms with Gasteiger partial charge in [-0.3, -0.25) is 0 Å². The fraction of sp³-hybridized carbons (Fsp3) is 1.00. The second-order valence-electron chi connectivity index (χ2n) is 0.697. The van der Waals surface area contributed by atoms with Crippen LogP contribution in [-0.2, 0) is 20.4 Å². The van der Waals surface area contributed by atoms with Crippen LogP contribution in [0.1, 0.15) is 0 Å². The van der Waals surface area contributed by atoms with Crippen molar-refractivity contribution in [1.29, 1.82) is 0 Å². The second-order valence-corrected chi connectivity index (χ2v) is 0.697. The standard InChI is InChI=1S/C2H8N2O.Pd/c3-1-2-4-5;/h4-5H,1-3H2;. The smallest absolute Gasteiger partial charge is 0.0330 e. The summed E-state index contributed by atoms with van der Waals surface area (Å²) in [5.74, 6) is 0. The van der Waals surface area contributed by atoms with E-state index < -0.39 is 0 Å². The van der Waals surface area contributed by atoms with Crippen molar-refractivity contribution in [2.45, 2.75) is 0 Å². The van der Waals surface area contributed by atoms with Crippen LogP contribution in [0.5, 0.6) is 0 Å². The summed E-state index contributed by atoms with van der Waals surface area (Å²) in [4.78, 5) is 0. The van der Waals surface area contributed by atoms with E-state index >= 15 is 0 Å². The molecule has 0 atom stereocenters. The minimum Gasteiger partial charge on any atom is -0.329 e. The van der Waals surface area contributed by atoms with Crippen molar-refractivity contribution in [2.75, 3.05) is 13.1 Å². The fourth-order valence-corrected chi connectivity index (χ4v) is 0.0645. The molecule has 4 N–H and O–H groups in total. The summed E-state index contributed by atoms with van der Waals surface area (Å²) in [5, 5.41) is 7.74. The van der Waals surface area contributed by atoms with E-state index in [0.29, 0.717) is 13.1 Å². The SMILES string of the molecule is NCCNO.[Pd]. The summed E-state index contributed by atoms with van der Waals surface area (Å²) in [5.41, 5.74) is 6.81. The molecule has 0 heterocycles. The van der Waals surface area contributed by atoms with Gasteiger partial charge in [0.1, 0.15) is 0 Å². The molecule has 0 bridgehead atoms. The Morgan fingerprint density at radius 2 is 2.17 bits per heavy atom. The van der Waals surface area contributed by atoms with Gasteiger partial charge in [0.05, 0.1) is 0 Å². The molecule has 3 nitrogen and oxygen atoms in total. The van der Waals surface area contributed by atoms with Crippen LogP contribution < -0.4 is 11.2 Å². The topological polar surface area (TPSA) is 58.3 Å². The van der Waals surface area contributed by atoms with Crippen molar-refractivity contribution >= 4 is 0 Å². The molecular weight excluding hydrogens is 174 g/mol. The van der Waals surface area contributed by atoms with Crippen molar-refractivity contribution in [1.82, 2.24) is 5.48 Å². The van der Waals surface area contributed by atoms with Crippen LogP contribution in [0.4, 0.5) is 0 Å². The molecular formula is C2H8N2OPd. The predicted molar refractivity (Wildman–Crippen MR) is 18.8 cm³/mol. The molecule has 0 aliphatic rings. The van der Waals surface area contributed by atoms with Crippen molar-refractivity contribution in [3.8, 4) is 0 Å². The van der Waals surface area contributed by atoms with Gasteiger partial charge in [-0.2, -0.15) is 0 Å². The third-order valence-electron chi connectivity index (χ3n) is 0.256. The molecule has 0 aromatic carbocycles. The molecule has 0 radical (unpaired) electrons. The Bertz CT molecular complexity index is 19.0. The average molecular weight is 183 g/mol. The van der Waals surface area contributed by atoms with Gasteiger partial charge >= 0.3 is 0 Å². The van der Waals surface area contributed by atoms with Gasteiger partial charge in [0.2, 0.25) is 0 Å². The van der Waals surface area contributed by atoms with E-state index in [2.05, 4.69) is 0 Å². The minimum atomic E-state index is 0. The molecule has 0 rings (SSSR count). The maximum absolute atomic E-state index is 7.74. The van der Waals surface area contributed by atoms with E-state index in [1.807, 2.05) is 5.48 Å². The zero-order chi connectivity index (χ0) is 4.12. The summed E-state index contributed by atoms with van der Waals surface area (Å²) < 4.78 is 0. The Kier molecular flexibility index (Phi) is 14.8. The molecule has 0 aliphatic carbocycles. The average Bonchev–Trinajstić information content (AvgIpc) is 1.41. The molecule has 0 aliphatic heterocycles. The van der Waals surface area contributed by atoms with Gasteiger partial charge in [-0.15, -0.1) is 0 Å². The maximum Gasteiger partial charge on any atom is 0.0330 e. The van der Waals surface area contributed by atoms with Gasteiger partial charge in [-0.25, -0.2) is 5.48 Å². The largest absolute Gasteiger partial charge is 0.329 e. The number of hydrogen-bond acceptors (Lipinski definition) is 3. The van der Waals surface area contributed by atoms with E-state index in [-0.39, 0.29) is 20.4 Å². The second kappa shape index (κ2) is 9.11. The summed E-state index contributed by atoms with van der Waals surface area (Å²) in [6.07, 6.45) is 0. The Balaban J connectivity index is 0. The van der Waals surface area contributed by atoms with Crippen LogP contribution in [0.25, 0.3) is 0 Å². The summed E-state index contributed by atoms with van der Waals surface area (Å²) >= 11 is 0. The van der Waals surface area contributed by atoms with Crippen molar-refractivity contribution in [3.05, 3.63) is 0 Å². The van der Waals surface area contributed by atoms with E-state index in [0.717, 1.165) is 0 Å². The quantitative estimate of drug-likeness (QED) is 0.376. The molecule has 0 amide bonds. The van der Waals surface area contributed by atoms with E-state index in [1.165, 1.54) is 0 Å². The summed E-state index contributed by atoms with van der Waals surface area (Å²) in [6.45, 7) is 0.955. The first-order valence-electron chi connectivity index (χ1n) is 1.49. The van der Waals surface area contributed by atoms with Crippen LogP contribution in [0.3, 0.4) is 0 Å². The first kappa shape index (κ1) is 9.74. The maximum atomic E-state index is 7.74. The molecule has 0 unspecified atom stereocenters. The van der Waals surface area contributed by atoms with Crippen LogP contribution in [0.2, 0.25) is 0 Å². The van der Waals surface area contributed by atoms with Crippen LogP contribution >= 0.6 is 0 Å². The van der Waals surface area contributed by atoms with E-state index in [1.54, 1.807) is 0 Å². The van der Waals surface area contributed by atoms with Gasteiger partial charge in [-0.1, -0.05) is 0 Å². The zero-order valence-electron chi connectivity index (χ0n) is 3.26. The summed E-state index contributed by atoms with van der Waals surface area (Å²) in [6, 6.07) is 0. The molecule has 0 aromatic rings. The molecule has 0 aromatic heterocycles. The normalized spacial score (nSPS) is 7.00. The Morgan fingerprint density at radius 3 is 2.17 bits per heavy atom. The fourth-order valence-electron chi connectivity index (χ4n) is 0.0645. The van der Waals surface area contributed by atoms with Crippen molar-refractivity contribution in [3.63, 3.8) is 0 Å². The van der Waals surface area contributed by atoms with Crippen LogP contribution in [0.15, 0.2) is 0 Å². The molecule has 6 heavy (non-hydrogen) atoms. The van der Waals surface area contributed by atoms with Crippen molar-refractivity contribution < 1.29 is 25.6 Å². The van der Waals surface area contributed by atoms with Crippen LogP contribution in [0, 0.1) is 0 Å². The van der Waals surface area contributed by atoms with Gasteiger partial charge in [0.15, 0.2) is 0 Å². The van der Waals surface area contributed by atoms with Crippen LogP contribution in [-0.4, -0.2) is 18.3 Å². The minimum absolute atomic E-state index is 0. The molecule has 0 spiro atoms. The first-order valence-corrected chi connectivity index (χ1v) is 1.49. The Morgan fingerprint density at radius 1 is 1.67 bits per heavy atom. The zero-order valence-corrected chi connectivity index (χ0v) is 4.81. The molecule has 0 saturated heterocycles. The monoisotopic (exact) mass is 182 g/mol. The molecule has 4 heteroatoms. The van der Waals surface area contributed by atoms with Gasteiger partial charge < -0.3 is 10.9 Å². The first-order chi connectivity index (χ1) is 2.41. The Hall–Kier alpha value is 0.542. The number of rotatable bonds is 2. The van der Waals surface area contributed by atoms with Gasteiger partial charge in [0.25, 0.3) is 0 Å². The Labute approximate surface area is 50.5 Å². The van der Waals surface area contributed by atoms with Gasteiger partial charge in [-0.05, 0) is 0 Å². The molecule has 0 fully saturated rings. The summed E-state index contributed by atoms with van der Waals surface area (Å²) in [7, 11) is 0. The predicted octanol–water partition coefficient (Wildman–Crippen LogP) is -1.08. The van der Waals surface area contributed by atoms with E-state index in [9.17, 15) is 0 Å². The number of hydrogen-bond donors (Lipinski definition) is 3. The third-order valence-corrected chi connectivity index (χ3v) is 0.256. The number of hydroxylamine groups is 1. The molecule has 0 saturated carbocycles. The third kappa shape index (κ3) is 8.82. The number of nitrogens with one attached hydrogen (secondary N) is 1. The van der Waals surface area contributed by atoms with Gasteiger partial charge in [0, 0.05) is 33.5 Å².